The second-order valence-corrected chi connectivity index (χ2v) is 25.5. The maximum absolute atomic E-state index is 13.0. The lowest BCUT2D eigenvalue weighted by Gasteiger charge is -2.25. The quantitative estimate of drug-likeness (QED) is 0.0211. The van der Waals surface area contributed by atoms with Crippen LogP contribution in [-0.2, 0) is 33.3 Å². The zero-order valence-electron chi connectivity index (χ0n) is 60.1. The van der Waals surface area contributed by atoms with Crippen molar-refractivity contribution < 1.29 is 42.9 Å². The Hall–Kier alpha value is -5.35. The molecule has 0 aliphatic heterocycles. The van der Waals surface area contributed by atoms with Gasteiger partial charge in [0.15, 0.2) is 6.10 Å². The largest absolute Gasteiger partial charge is 0.477 e. The summed E-state index contributed by atoms with van der Waals surface area (Å²) in [6.07, 6.45) is 106. The van der Waals surface area contributed by atoms with E-state index in [1.807, 2.05) is 21.1 Å². The van der Waals surface area contributed by atoms with Crippen molar-refractivity contribution in [1.29, 1.82) is 0 Å². The van der Waals surface area contributed by atoms with Crippen LogP contribution >= 0.6 is 0 Å². The lowest BCUT2D eigenvalue weighted by Crippen LogP contribution is -2.40. The molecule has 1 N–H and O–H groups in total. The van der Waals surface area contributed by atoms with E-state index in [0.29, 0.717) is 23.9 Å². The van der Waals surface area contributed by atoms with Crippen molar-refractivity contribution >= 4 is 17.9 Å². The summed E-state index contributed by atoms with van der Waals surface area (Å²) < 4.78 is 23.0. The van der Waals surface area contributed by atoms with Crippen molar-refractivity contribution in [3.8, 4) is 0 Å². The van der Waals surface area contributed by atoms with Crippen molar-refractivity contribution in [2.24, 2.45) is 0 Å². The number of ether oxygens (including phenoxy) is 4. The Labute approximate surface area is 571 Å². The number of hydrogen-bond donors (Lipinski definition) is 1. The topological polar surface area (TPSA) is 108 Å². The molecule has 0 aliphatic carbocycles. The zero-order valence-corrected chi connectivity index (χ0v) is 60.1. The number of esters is 2. The van der Waals surface area contributed by atoms with Crippen LogP contribution in [0.4, 0.5) is 0 Å². The van der Waals surface area contributed by atoms with Gasteiger partial charge in [0, 0.05) is 12.8 Å². The Balaban J connectivity index is 4.16. The number of unbranched alkanes of at least 4 members (excludes halogenated alkanes) is 24. The summed E-state index contributed by atoms with van der Waals surface area (Å²) >= 11 is 0. The first-order valence-corrected chi connectivity index (χ1v) is 37.3. The lowest BCUT2D eigenvalue weighted by atomic mass is 10.0. The fourth-order valence-corrected chi connectivity index (χ4v) is 9.86. The number of quaternary nitrogens is 1. The molecule has 0 saturated heterocycles. The van der Waals surface area contributed by atoms with E-state index in [4.69, 9.17) is 18.9 Å². The SMILES string of the molecule is CC/C=C\C/C=C\C/C=C\C/C=C\C/C=C\C/C=C\C/C=C\C/C=C\C/C=C\CCCCCCCCCC(=O)OC(COC(=O)CCCCCCCCCCCCCCCCCCC/C=C\C/C=C\C/C=C\C/C=C\C/C=C\CC)COC(OCC[N+](C)(C)C)C(=O)O. The predicted octanol–water partition coefficient (Wildman–Crippen LogP) is 23.8. The van der Waals surface area contributed by atoms with Crippen molar-refractivity contribution in [2.75, 3.05) is 47.5 Å². The predicted molar refractivity (Wildman–Crippen MR) is 400 cm³/mol. The summed E-state index contributed by atoms with van der Waals surface area (Å²) in [4.78, 5) is 37.7. The first kappa shape index (κ1) is 87.7. The molecule has 0 radical (unpaired) electrons. The molecule has 0 aromatic rings. The van der Waals surface area contributed by atoms with E-state index >= 15 is 0 Å². The Bertz CT molecular complexity index is 2140. The summed E-state index contributed by atoms with van der Waals surface area (Å²) in [5.41, 5.74) is 0. The first-order chi connectivity index (χ1) is 45.6. The van der Waals surface area contributed by atoms with Gasteiger partial charge in [-0.2, -0.15) is 0 Å². The number of likely N-dealkylation sites (N-methyl/N-ethyl adjacent to an activating group) is 1. The van der Waals surface area contributed by atoms with Gasteiger partial charge in [0.2, 0.25) is 0 Å². The maximum Gasteiger partial charge on any atom is 0.361 e. The number of carboxylic acid groups (broad SMARTS) is 1. The molecule has 0 aliphatic rings. The van der Waals surface area contributed by atoms with Gasteiger partial charge in [0.1, 0.15) is 13.2 Å². The number of allylic oxidation sites excluding steroid dienone is 28. The Morgan fingerprint density at radius 3 is 0.860 bits per heavy atom. The van der Waals surface area contributed by atoms with E-state index in [1.54, 1.807) is 0 Å². The smallest absolute Gasteiger partial charge is 0.361 e. The van der Waals surface area contributed by atoms with Gasteiger partial charge in [-0.1, -0.05) is 312 Å². The average Bonchev–Trinajstić information content (AvgIpc) is 3.74. The third-order valence-corrected chi connectivity index (χ3v) is 15.5. The van der Waals surface area contributed by atoms with Crippen molar-refractivity contribution in [3.05, 3.63) is 170 Å². The van der Waals surface area contributed by atoms with Crippen LogP contribution in [0.25, 0.3) is 0 Å². The van der Waals surface area contributed by atoms with Crippen LogP contribution in [0.3, 0.4) is 0 Å². The highest BCUT2D eigenvalue weighted by Crippen LogP contribution is 2.17. The number of rotatable bonds is 67. The highest BCUT2D eigenvalue weighted by molar-refractivity contribution is 5.71. The van der Waals surface area contributed by atoms with Crippen LogP contribution in [0.15, 0.2) is 170 Å². The molecule has 0 bridgehead atoms. The van der Waals surface area contributed by atoms with Crippen LogP contribution in [0.1, 0.15) is 284 Å². The molecule has 2 unspecified atom stereocenters. The molecular weight excluding hydrogens is 1150 g/mol. The second-order valence-electron chi connectivity index (χ2n) is 25.5. The standard InChI is InChI=1S/C84H137NO8/c1-6-8-10-12-14-16-18-20-22-24-26-28-30-32-34-36-38-40-41-43-45-47-49-51-53-55-57-59-61-63-65-67-69-71-73-75-82(87)93-80(79-92-84(83(88)89)90-77-76-85(3,4)5)78-91-81(86)74-72-70-68-66-64-62-60-58-56-54-52-50-48-46-44-42-39-37-35-33-31-29-27-25-23-21-19-17-15-13-11-9-7-2/h8-11,14-17,20-23,26-29,32-35,38,40,43,45,49,51,55,57,80,84H,6-7,12-13,18-19,24-25,30-31,36-37,39,41-42,44,46-48,50,52-54,56,58-79H2,1-5H3/p+1/b10-8-,11-9-,16-14-,17-15-,22-20-,23-21-,28-26-,29-27-,34-32-,35-33-,40-38-,45-43-,51-49-,57-55-. The molecule has 0 aromatic heterocycles. The number of carboxylic acids is 1. The number of hydrogen-bond acceptors (Lipinski definition) is 7. The fraction of sp³-hybridized carbons (Fsp3) is 0.631. The minimum Gasteiger partial charge on any atom is -0.477 e. The maximum atomic E-state index is 13.0. The number of carbonyl (C=O) groups excluding carboxylic acids is 2. The molecule has 93 heavy (non-hydrogen) atoms. The van der Waals surface area contributed by atoms with Crippen molar-refractivity contribution in [3.63, 3.8) is 0 Å². The fourth-order valence-electron chi connectivity index (χ4n) is 9.86. The summed E-state index contributed by atoms with van der Waals surface area (Å²) in [6.45, 7) is 4.64. The third kappa shape index (κ3) is 73.9. The van der Waals surface area contributed by atoms with E-state index in [2.05, 4.69) is 184 Å². The molecule has 526 valence electrons. The van der Waals surface area contributed by atoms with Crippen LogP contribution in [-0.4, -0.2) is 87.4 Å². The molecule has 0 heterocycles. The number of aliphatic carboxylic acids is 1. The van der Waals surface area contributed by atoms with Gasteiger partial charge in [-0.3, -0.25) is 9.59 Å². The van der Waals surface area contributed by atoms with Crippen LogP contribution in [0.2, 0.25) is 0 Å². The highest BCUT2D eigenvalue weighted by atomic mass is 16.7. The van der Waals surface area contributed by atoms with Crippen LogP contribution in [0.5, 0.6) is 0 Å². The molecular formula is C84H138NO8+. The monoisotopic (exact) mass is 1290 g/mol. The highest BCUT2D eigenvalue weighted by Gasteiger charge is 2.25. The van der Waals surface area contributed by atoms with Gasteiger partial charge in [-0.05, 0) is 128 Å². The van der Waals surface area contributed by atoms with E-state index in [0.717, 1.165) is 135 Å². The molecule has 0 amide bonds. The van der Waals surface area contributed by atoms with E-state index < -0.39 is 24.3 Å². The molecule has 0 spiro atoms. The molecule has 9 heteroatoms. The summed E-state index contributed by atoms with van der Waals surface area (Å²) in [7, 11) is 5.97. The third-order valence-electron chi connectivity index (χ3n) is 15.5. The number of nitrogens with zero attached hydrogens (tertiary/aromatic N) is 1. The van der Waals surface area contributed by atoms with Gasteiger partial charge in [0.25, 0.3) is 6.29 Å². The average molecular weight is 1290 g/mol. The zero-order chi connectivity index (χ0) is 67.5. The van der Waals surface area contributed by atoms with E-state index in [-0.39, 0.29) is 32.2 Å². The first-order valence-electron chi connectivity index (χ1n) is 37.3. The van der Waals surface area contributed by atoms with Crippen LogP contribution < -0.4 is 0 Å². The van der Waals surface area contributed by atoms with Gasteiger partial charge in [0.05, 0.1) is 34.4 Å². The van der Waals surface area contributed by atoms with Gasteiger partial charge in [-0.15, -0.1) is 0 Å². The summed E-state index contributed by atoms with van der Waals surface area (Å²) in [5.74, 6) is -2.03. The Kier molecular flexibility index (Phi) is 68.3. The van der Waals surface area contributed by atoms with E-state index in [9.17, 15) is 19.5 Å². The lowest BCUT2D eigenvalue weighted by molar-refractivity contribution is -0.870. The minimum absolute atomic E-state index is 0.178. The molecule has 0 aromatic carbocycles. The summed E-state index contributed by atoms with van der Waals surface area (Å²) in [6, 6.07) is 0. The molecule has 0 fully saturated rings. The number of carbonyl (C=O) groups is 3. The van der Waals surface area contributed by atoms with Gasteiger partial charge >= 0.3 is 17.9 Å². The molecule has 2 atom stereocenters. The minimum atomic E-state index is -1.52. The second kappa shape index (κ2) is 72.5. The van der Waals surface area contributed by atoms with Crippen molar-refractivity contribution in [1.82, 2.24) is 0 Å². The molecule has 9 nitrogen and oxygen atoms in total. The molecule has 0 rings (SSSR count). The van der Waals surface area contributed by atoms with Crippen molar-refractivity contribution in [2.45, 2.75) is 296 Å². The van der Waals surface area contributed by atoms with Crippen LogP contribution in [0, 0.1) is 0 Å². The van der Waals surface area contributed by atoms with Gasteiger partial charge < -0.3 is 28.5 Å². The van der Waals surface area contributed by atoms with E-state index in [1.165, 1.54) is 116 Å². The van der Waals surface area contributed by atoms with Gasteiger partial charge in [-0.25, -0.2) is 4.79 Å². The summed E-state index contributed by atoms with van der Waals surface area (Å²) in [5, 5.41) is 9.76. The Morgan fingerprint density at radius 2 is 0.581 bits per heavy atom. The normalized spacial score (nSPS) is 13.7. The molecule has 0 saturated carbocycles. The Morgan fingerprint density at radius 1 is 0.323 bits per heavy atom.